The van der Waals surface area contributed by atoms with Crippen LogP contribution in [0.3, 0.4) is 0 Å². The molecule has 1 aliphatic rings. The lowest BCUT2D eigenvalue weighted by molar-refractivity contribution is 0.602. The number of sulfone groups is 1. The van der Waals surface area contributed by atoms with Gasteiger partial charge in [-0.25, -0.2) is 8.42 Å². The van der Waals surface area contributed by atoms with Gasteiger partial charge in [0.15, 0.2) is 9.84 Å². The Balaban J connectivity index is 2.48. The smallest absolute Gasteiger partial charge is 0.177 e. The van der Waals surface area contributed by atoms with E-state index in [0.29, 0.717) is 5.69 Å². The van der Waals surface area contributed by atoms with Crippen LogP contribution in [0.2, 0.25) is 0 Å². The summed E-state index contributed by atoms with van der Waals surface area (Å²) in [5, 5.41) is 0. The van der Waals surface area contributed by atoms with E-state index in [1.807, 2.05) is 6.07 Å². The molecule has 0 aromatic heterocycles. The van der Waals surface area contributed by atoms with E-state index >= 15 is 0 Å². The molecule has 1 aromatic rings. The molecule has 0 saturated carbocycles. The number of hydrogen-bond acceptors (Lipinski definition) is 4. The van der Waals surface area contributed by atoms with Crippen molar-refractivity contribution in [2.24, 2.45) is 0 Å². The summed E-state index contributed by atoms with van der Waals surface area (Å²) < 4.78 is 23.0. The third kappa shape index (κ3) is 2.00. The Morgan fingerprint density at radius 1 is 1.25 bits per heavy atom. The van der Waals surface area contributed by atoms with Gasteiger partial charge in [-0.3, -0.25) is 0 Å². The molecule has 2 N–H and O–H groups in total. The predicted octanol–water partition coefficient (Wildman–Crippen LogP) is 1.27. The molecule has 1 heterocycles. The monoisotopic (exact) mass is 240 g/mol. The number of nitrogens with zero attached hydrogens (tertiary/aromatic N) is 1. The first-order valence-corrected chi connectivity index (χ1v) is 7.23. The fourth-order valence-electron chi connectivity index (χ4n) is 2.09. The minimum atomic E-state index is -3.24. The highest BCUT2D eigenvalue weighted by atomic mass is 32.2. The molecule has 2 rings (SSSR count). The van der Waals surface area contributed by atoms with E-state index in [0.717, 1.165) is 31.6 Å². The molecule has 4 nitrogen and oxygen atoms in total. The van der Waals surface area contributed by atoms with Crippen LogP contribution in [-0.2, 0) is 9.84 Å². The highest BCUT2D eigenvalue weighted by molar-refractivity contribution is 7.90. The third-order valence-electron chi connectivity index (χ3n) is 2.89. The van der Waals surface area contributed by atoms with E-state index in [9.17, 15) is 8.42 Å². The standard InChI is InChI=1S/C11H16N2O2S/c1-16(14,15)10-6-4-5-9(11(10)12)13-7-2-3-8-13/h4-6H,2-3,7-8,12H2,1H3. The maximum absolute atomic E-state index is 11.5. The molecule has 1 aliphatic heterocycles. The first-order valence-electron chi connectivity index (χ1n) is 5.33. The summed E-state index contributed by atoms with van der Waals surface area (Å²) >= 11 is 0. The summed E-state index contributed by atoms with van der Waals surface area (Å²) in [5.41, 5.74) is 7.16. The third-order valence-corrected chi connectivity index (χ3v) is 4.04. The Bertz CT molecular complexity index is 491. The molecule has 0 amide bonds. The largest absolute Gasteiger partial charge is 0.396 e. The minimum absolute atomic E-state index is 0.233. The van der Waals surface area contributed by atoms with Crippen LogP contribution >= 0.6 is 0 Å². The molecule has 1 saturated heterocycles. The van der Waals surface area contributed by atoms with Crippen LogP contribution in [0, 0.1) is 0 Å². The number of benzene rings is 1. The highest BCUT2D eigenvalue weighted by Gasteiger charge is 2.19. The lowest BCUT2D eigenvalue weighted by Crippen LogP contribution is -2.20. The molecule has 0 bridgehead atoms. The van der Waals surface area contributed by atoms with Crippen molar-refractivity contribution in [1.82, 2.24) is 0 Å². The summed E-state index contributed by atoms with van der Waals surface area (Å²) in [6.07, 6.45) is 3.47. The zero-order valence-electron chi connectivity index (χ0n) is 9.31. The summed E-state index contributed by atoms with van der Waals surface area (Å²) in [5.74, 6) is 0. The zero-order chi connectivity index (χ0) is 11.8. The Kier molecular flexibility index (Phi) is 2.80. The van der Waals surface area contributed by atoms with Crippen molar-refractivity contribution < 1.29 is 8.42 Å². The van der Waals surface area contributed by atoms with Gasteiger partial charge in [0, 0.05) is 19.3 Å². The van der Waals surface area contributed by atoms with E-state index in [-0.39, 0.29) is 4.90 Å². The number of nitrogen functional groups attached to an aromatic ring is 1. The van der Waals surface area contributed by atoms with Crippen LogP contribution in [0.4, 0.5) is 11.4 Å². The van der Waals surface area contributed by atoms with Gasteiger partial charge in [-0.1, -0.05) is 6.07 Å². The fourth-order valence-corrected chi connectivity index (χ4v) is 2.92. The van der Waals surface area contributed by atoms with Crippen molar-refractivity contribution in [3.63, 3.8) is 0 Å². The van der Waals surface area contributed by atoms with Crippen molar-refractivity contribution in [2.45, 2.75) is 17.7 Å². The minimum Gasteiger partial charge on any atom is -0.396 e. The molecular weight excluding hydrogens is 224 g/mol. The van der Waals surface area contributed by atoms with Gasteiger partial charge in [0.1, 0.15) is 0 Å². The zero-order valence-corrected chi connectivity index (χ0v) is 10.1. The molecule has 88 valence electrons. The Morgan fingerprint density at radius 3 is 2.44 bits per heavy atom. The molecular formula is C11H16N2O2S. The Labute approximate surface area is 96.0 Å². The summed E-state index contributed by atoms with van der Waals surface area (Å²) in [7, 11) is -3.24. The average molecular weight is 240 g/mol. The summed E-state index contributed by atoms with van der Waals surface area (Å²) in [4.78, 5) is 2.38. The normalized spacial score (nSPS) is 16.7. The number of anilines is 2. The van der Waals surface area contributed by atoms with Crippen molar-refractivity contribution >= 4 is 21.2 Å². The van der Waals surface area contributed by atoms with Crippen molar-refractivity contribution in [3.8, 4) is 0 Å². The van der Waals surface area contributed by atoms with Crippen LogP contribution in [0.1, 0.15) is 12.8 Å². The van der Waals surface area contributed by atoms with Crippen LogP contribution < -0.4 is 10.6 Å². The molecule has 0 atom stereocenters. The summed E-state index contributed by atoms with van der Waals surface area (Å²) in [6.45, 7) is 1.91. The van der Waals surface area contributed by atoms with Gasteiger partial charge in [-0.2, -0.15) is 0 Å². The first-order chi connectivity index (χ1) is 7.50. The molecule has 5 heteroatoms. The summed E-state index contributed by atoms with van der Waals surface area (Å²) in [6, 6.07) is 5.19. The molecule has 1 fully saturated rings. The number of nitrogens with two attached hydrogens (primary N) is 1. The van der Waals surface area contributed by atoms with Crippen molar-refractivity contribution in [2.75, 3.05) is 30.0 Å². The molecule has 1 aromatic carbocycles. The second-order valence-corrected chi connectivity index (χ2v) is 6.14. The fraction of sp³-hybridized carbons (Fsp3) is 0.455. The van der Waals surface area contributed by atoms with Crippen LogP contribution in [0.25, 0.3) is 0 Å². The van der Waals surface area contributed by atoms with Gasteiger partial charge in [-0.05, 0) is 25.0 Å². The van der Waals surface area contributed by atoms with E-state index in [1.54, 1.807) is 12.1 Å². The lowest BCUT2D eigenvalue weighted by Gasteiger charge is -2.20. The number of rotatable bonds is 2. The van der Waals surface area contributed by atoms with E-state index in [2.05, 4.69) is 4.90 Å². The Hall–Kier alpha value is -1.23. The second kappa shape index (κ2) is 3.97. The van der Waals surface area contributed by atoms with Gasteiger partial charge in [0.05, 0.1) is 16.3 Å². The van der Waals surface area contributed by atoms with Gasteiger partial charge in [0.25, 0.3) is 0 Å². The highest BCUT2D eigenvalue weighted by Crippen LogP contribution is 2.31. The second-order valence-electron chi connectivity index (χ2n) is 4.16. The van der Waals surface area contributed by atoms with Gasteiger partial charge in [-0.15, -0.1) is 0 Å². The van der Waals surface area contributed by atoms with Crippen molar-refractivity contribution in [3.05, 3.63) is 18.2 Å². The Morgan fingerprint density at radius 2 is 1.88 bits per heavy atom. The average Bonchev–Trinajstić information content (AvgIpc) is 2.69. The maximum atomic E-state index is 11.5. The SMILES string of the molecule is CS(=O)(=O)c1cccc(N2CCCC2)c1N. The van der Waals surface area contributed by atoms with E-state index in [4.69, 9.17) is 5.73 Å². The molecule has 16 heavy (non-hydrogen) atoms. The van der Waals surface area contributed by atoms with Gasteiger partial charge < -0.3 is 10.6 Å². The van der Waals surface area contributed by atoms with Gasteiger partial charge in [0.2, 0.25) is 0 Å². The van der Waals surface area contributed by atoms with Crippen molar-refractivity contribution in [1.29, 1.82) is 0 Å². The topological polar surface area (TPSA) is 63.4 Å². The maximum Gasteiger partial charge on any atom is 0.177 e. The molecule has 0 spiro atoms. The van der Waals surface area contributed by atoms with Crippen LogP contribution in [0.15, 0.2) is 23.1 Å². The number of para-hydroxylation sites is 1. The predicted molar refractivity (Wildman–Crippen MR) is 65.4 cm³/mol. The lowest BCUT2D eigenvalue weighted by atomic mass is 10.2. The first kappa shape index (κ1) is 11.3. The van der Waals surface area contributed by atoms with E-state index < -0.39 is 9.84 Å². The molecule has 0 aliphatic carbocycles. The number of hydrogen-bond donors (Lipinski definition) is 1. The van der Waals surface area contributed by atoms with Crippen LogP contribution in [0.5, 0.6) is 0 Å². The molecule has 0 unspecified atom stereocenters. The van der Waals surface area contributed by atoms with E-state index in [1.165, 1.54) is 6.26 Å². The van der Waals surface area contributed by atoms with Crippen LogP contribution in [-0.4, -0.2) is 27.8 Å². The molecule has 0 radical (unpaired) electrons. The quantitative estimate of drug-likeness (QED) is 0.791. The van der Waals surface area contributed by atoms with Gasteiger partial charge >= 0.3 is 0 Å².